The Morgan fingerprint density at radius 3 is 2.24 bits per heavy atom. The summed E-state index contributed by atoms with van der Waals surface area (Å²) in [5.41, 5.74) is 6.39. The predicted octanol–water partition coefficient (Wildman–Crippen LogP) is 4.82. The Bertz CT molecular complexity index is 1130. The topological polar surface area (TPSA) is 78.8 Å². The number of nitrogens with zero attached hydrogens (tertiary/aromatic N) is 1. The number of phenols is 1. The molecule has 0 bridgehead atoms. The molecule has 0 amide bonds. The van der Waals surface area contributed by atoms with E-state index in [0.717, 1.165) is 12.1 Å². The molecule has 0 radical (unpaired) electrons. The summed E-state index contributed by atoms with van der Waals surface area (Å²) in [4.78, 5) is 0. The molecular formula is C22H15F3N2O2. The minimum absolute atomic E-state index is 0.0389. The first-order valence-electron chi connectivity index (χ1n) is 8.34. The van der Waals surface area contributed by atoms with Crippen LogP contribution in [0.4, 0.5) is 13.2 Å². The molecule has 7 heteroatoms. The van der Waals surface area contributed by atoms with Crippen LogP contribution in [0.2, 0.25) is 0 Å². The van der Waals surface area contributed by atoms with Gasteiger partial charge in [-0.3, -0.25) is 0 Å². The number of oxime groups is 1. The van der Waals surface area contributed by atoms with Gasteiger partial charge in [0.05, 0.1) is 5.56 Å². The zero-order valence-electron chi connectivity index (χ0n) is 14.9. The maximum Gasteiger partial charge on any atom is 0.416 e. The molecule has 0 heterocycles. The number of terminal acetylenes is 1. The van der Waals surface area contributed by atoms with Gasteiger partial charge in [0.25, 0.3) is 0 Å². The van der Waals surface area contributed by atoms with Crippen molar-refractivity contribution in [2.24, 2.45) is 10.9 Å². The molecule has 0 fully saturated rings. The summed E-state index contributed by atoms with van der Waals surface area (Å²) in [6, 6.07) is 14.1. The van der Waals surface area contributed by atoms with E-state index in [2.05, 4.69) is 11.1 Å². The first kappa shape index (κ1) is 19.8. The van der Waals surface area contributed by atoms with Crippen LogP contribution in [0.15, 0.2) is 65.8 Å². The lowest BCUT2D eigenvalue weighted by Gasteiger charge is -2.19. The fraction of sp³-hybridized carbons (Fsp3) is 0.0455. The summed E-state index contributed by atoms with van der Waals surface area (Å²) in [5, 5.41) is 21.7. The molecule has 3 rings (SSSR count). The second-order valence-electron chi connectivity index (χ2n) is 6.17. The molecule has 0 aliphatic rings. The van der Waals surface area contributed by atoms with Crippen LogP contribution in [0.25, 0.3) is 22.3 Å². The lowest BCUT2D eigenvalue weighted by atomic mass is 9.86. The van der Waals surface area contributed by atoms with Crippen LogP contribution < -0.4 is 5.73 Å². The van der Waals surface area contributed by atoms with Gasteiger partial charge in [-0.1, -0.05) is 41.4 Å². The summed E-state index contributed by atoms with van der Waals surface area (Å²) < 4.78 is 40.7. The first-order chi connectivity index (χ1) is 13.8. The van der Waals surface area contributed by atoms with Crippen molar-refractivity contribution in [1.29, 1.82) is 0 Å². The molecule has 4 N–H and O–H groups in total. The van der Waals surface area contributed by atoms with Gasteiger partial charge in [-0.2, -0.15) is 13.2 Å². The van der Waals surface area contributed by atoms with Gasteiger partial charge in [-0.15, -0.1) is 6.42 Å². The SMILES string of the molecule is C#Cc1ccccc1-c1c(/C(N)=N/O)cc(C(F)(F)F)cc1-c1ccc(O)cc1. The molecule has 0 aromatic heterocycles. The van der Waals surface area contributed by atoms with Gasteiger partial charge < -0.3 is 16.0 Å². The maximum absolute atomic E-state index is 13.6. The van der Waals surface area contributed by atoms with Crippen LogP contribution in [0.3, 0.4) is 0 Å². The largest absolute Gasteiger partial charge is 0.508 e. The van der Waals surface area contributed by atoms with E-state index in [-0.39, 0.29) is 22.4 Å². The van der Waals surface area contributed by atoms with Gasteiger partial charge >= 0.3 is 6.18 Å². The van der Waals surface area contributed by atoms with Crippen LogP contribution in [0.5, 0.6) is 5.75 Å². The van der Waals surface area contributed by atoms with Crippen molar-refractivity contribution in [3.63, 3.8) is 0 Å². The first-order valence-corrected chi connectivity index (χ1v) is 8.34. The number of halogens is 3. The Morgan fingerprint density at radius 2 is 1.66 bits per heavy atom. The molecule has 3 aromatic rings. The summed E-state index contributed by atoms with van der Waals surface area (Å²) in [5.74, 6) is 1.98. The number of benzene rings is 3. The summed E-state index contributed by atoms with van der Waals surface area (Å²) in [7, 11) is 0. The molecule has 0 atom stereocenters. The Balaban J connectivity index is 2.49. The molecule has 146 valence electrons. The lowest BCUT2D eigenvalue weighted by molar-refractivity contribution is -0.137. The van der Waals surface area contributed by atoms with Gasteiger partial charge in [0.1, 0.15) is 5.75 Å². The summed E-state index contributed by atoms with van der Waals surface area (Å²) in [6.07, 6.45) is 0.914. The van der Waals surface area contributed by atoms with E-state index < -0.39 is 17.6 Å². The minimum Gasteiger partial charge on any atom is -0.508 e. The van der Waals surface area contributed by atoms with Gasteiger partial charge in [-0.25, -0.2) is 0 Å². The molecule has 0 aliphatic heterocycles. The number of alkyl halides is 3. The summed E-state index contributed by atoms with van der Waals surface area (Å²) >= 11 is 0. The van der Waals surface area contributed by atoms with Crippen molar-refractivity contribution < 1.29 is 23.5 Å². The van der Waals surface area contributed by atoms with Gasteiger partial charge in [0.2, 0.25) is 0 Å². The highest BCUT2D eigenvalue weighted by Gasteiger charge is 2.33. The van der Waals surface area contributed by atoms with E-state index in [1.54, 1.807) is 24.3 Å². The fourth-order valence-electron chi connectivity index (χ4n) is 3.05. The molecule has 3 aromatic carbocycles. The average molecular weight is 396 g/mol. The van der Waals surface area contributed by atoms with Crippen LogP contribution in [0, 0.1) is 12.3 Å². The van der Waals surface area contributed by atoms with E-state index in [1.165, 1.54) is 24.3 Å². The molecule has 29 heavy (non-hydrogen) atoms. The van der Waals surface area contributed by atoms with Gasteiger partial charge in [-0.05, 0) is 47.0 Å². The molecule has 0 saturated heterocycles. The molecule has 0 aliphatic carbocycles. The van der Waals surface area contributed by atoms with Crippen LogP contribution >= 0.6 is 0 Å². The third-order valence-electron chi connectivity index (χ3n) is 4.38. The molecule has 0 saturated carbocycles. The molecule has 4 nitrogen and oxygen atoms in total. The third-order valence-corrected chi connectivity index (χ3v) is 4.38. The number of rotatable bonds is 3. The number of aromatic hydroxyl groups is 1. The summed E-state index contributed by atoms with van der Waals surface area (Å²) in [6.45, 7) is 0. The fourth-order valence-corrected chi connectivity index (χ4v) is 3.05. The van der Waals surface area contributed by atoms with Crippen molar-refractivity contribution in [3.05, 3.63) is 77.4 Å². The second kappa shape index (κ2) is 7.60. The number of amidine groups is 1. The predicted molar refractivity (Wildman–Crippen MR) is 104 cm³/mol. The Kier molecular flexibility index (Phi) is 5.20. The van der Waals surface area contributed by atoms with E-state index in [0.29, 0.717) is 16.7 Å². The number of hydrogen-bond acceptors (Lipinski definition) is 3. The van der Waals surface area contributed by atoms with Gasteiger partial charge in [0.15, 0.2) is 5.84 Å². The average Bonchev–Trinajstić information content (AvgIpc) is 2.72. The smallest absolute Gasteiger partial charge is 0.416 e. The normalized spacial score (nSPS) is 11.9. The van der Waals surface area contributed by atoms with E-state index in [4.69, 9.17) is 12.2 Å². The second-order valence-corrected chi connectivity index (χ2v) is 6.17. The van der Waals surface area contributed by atoms with Crippen molar-refractivity contribution in [3.8, 4) is 40.3 Å². The van der Waals surface area contributed by atoms with Crippen molar-refractivity contribution in [2.75, 3.05) is 0 Å². The molecular weight excluding hydrogens is 381 g/mol. The van der Waals surface area contributed by atoms with Crippen molar-refractivity contribution in [1.82, 2.24) is 0 Å². The van der Waals surface area contributed by atoms with Crippen molar-refractivity contribution >= 4 is 5.84 Å². The van der Waals surface area contributed by atoms with E-state index >= 15 is 0 Å². The van der Waals surface area contributed by atoms with Crippen LogP contribution in [-0.2, 0) is 6.18 Å². The van der Waals surface area contributed by atoms with Crippen molar-refractivity contribution in [2.45, 2.75) is 6.18 Å². The highest BCUT2D eigenvalue weighted by molar-refractivity contribution is 6.07. The van der Waals surface area contributed by atoms with E-state index in [9.17, 15) is 23.5 Å². The zero-order valence-corrected chi connectivity index (χ0v) is 14.9. The van der Waals surface area contributed by atoms with E-state index in [1.807, 2.05) is 0 Å². The van der Waals surface area contributed by atoms with Crippen LogP contribution in [-0.4, -0.2) is 16.1 Å². The molecule has 0 unspecified atom stereocenters. The number of phenolic OH excluding ortho intramolecular Hbond substituents is 1. The third kappa shape index (κ3) is 3.87. The Morgan fingerprint density at radius 1 is 1.00 bits per heavy atom. The lowest BCUT2D eigenvalue weighted by Crippen LogP contribution is -2.17. The quantitative estimate of drug-likeness (QED) is 0.195. The van der Waals surface area contributed by atoms with Gasteiger partial charge in [0, 0.05) is 16.7 Å². The Labute approximate surface area is 164 Å². The highest BCUT2D eigenvalue weighted by Crippen LogP contribution is 2.41. The highest BCUT2D eigenvalue weighted by atomic mass is 19.4. The number of hydrogen-bond donors (Lipinski definition) is 3. The Hall–Kier alpha value is -3.92. The van der Waals surface area contributed by atoms with Crippen LogP contribution in [0.1, 0.15) is 16.7 Å². The molecule has 0 spiro atoms. The standard InChI is InChI=1S/C22H15F3N2O2/c1-2-13-5-3-4-6-17(13)20-18(14-7-9-16(28)10-8-14)11-15(22(23,24)25)12-19(20)21(26)27-29/h1,3-12,28-29H,(H2,26,27). The maximum atomic E-state index is 13.6. The number of nitrogens with two attached hydrogens (primary N) is 1. The monoisotopic (exact) mass is 396 g/mol. The zero-order chi connectivity index (χ0) is 21.2. The minimum atomic E-state index is -4.67.